The van der Waals surface area contributed by atoms with Crippen LogP contribution >= 0.6 is 0 Å². The van der Waals surface area contributed by atoms with E-state index in [-0.39, 0.29) is 11.9 Å². The van der Waals surface area contributed by atoms with Gasteiger partial charge in [-0.05, 0) is 17.7 Å². The molecule has 1 N–H and O–H groups in total. The first kappa shape index (κ1) is 12.1. The van der Waals surface area contributed by atoms with Crippen molar-refractivity contribution < 1.29 is 14.6 Å². The van der Waals surface area contributed by atoms with Crippen LogP contribution in [0.5, 0.6) is 11.5 Å². The zero-order valence-electron chi connectivity index (χ0n) is 10.5. The van der Waals surface area contributed by atoms with E-state index in [9.17, 15) is 5.11 Å². The second-order valence-corrected chi connectivity index (χ2v) is 4.71. The third-order valence-corrected chi connectivity index (χ3v) is 3.15. The Balaban J connectivity index is 1.79. The summed E-state index contributed by atoms with van der Waals surface area (Å²) in [4.78, 5) is 0. The number of benzene rings is 2. The molecular weight excluding hydrogens is 240 g/mol. The molecule has 2 atom stereocenters. The van der Waals surface area contributed by atoms with Crippen LogP contribution < -0.4 is 4.74 Å². The van der Waals surface area contributed by atoms with E-state index in [1.165, 1.54) is 0 Å². The Labute approximate surface area is 112 Å². The second kappa shape index (κ2) is 5.33. The molecule has 1 aliphatic heterocycles. The van der Waals surface area contributed by atoms with Crippen LogP contribution in [-0.4, -0.2) is 17.8 Å². The number of phenols is 1. The van der Waals surface area contributed by atoms with Gasteiger partial charge in [-0.1, -0.05) is 36.4 Å². The second-order valence-electron chi connectivity index (χ2n) is 4.71. The van der Waals surface area contributed by atoms with Gasteiger partial charge in [0.15, 0.2) is 0 Å². The van der Waals surface area contributed by atoms with Gasteiger partial charge in [0.2, 0.25) is 0 Å². The molecular formula is C16H16O3. The van der Waals surface area contributed by atoms with Gasteiger partial charge in [0.1, 0.15) is 17.6 Å². The van der Waals surface area contributed by atoms with Crippen molar-refractivity contribution in [3.63, 3.8) is 0 Å². The molecule has 19 heavy (non-hydrogen) atoms. The van der Waals surface area contributed by atoms with Crippen LogP contribution in [0.2, 0.25) is 0 Å². The van der Waals surface area contributed by atoms with Crippen molar-refractivity contribution in [2.75, 3.05) is 6.61 Å². The minimum atomic E-state index is -0.0458. The number of aromatic hydroxyl groups is 1. The van der Waals surface area contributed by atoms with Crippen LogP contribution in [0.3, 0.4) is 0 Å². The summed E-state index contributed by atoms with van der Waals surface area (Å²) in [5.41, 5.74) is 1.13. The van der Waals surface area contributed by atoms with Crippen LogP contribution in [0.25, 0.3) is 0 Å². The molecule has 3 rings (SSSR count). The Morgan fingerprint density at radius 2 is 1.95 bits per heavy atom. The summed E-state index contributed by atoms with van der Waals surface area (Å²) < 4.78 is 11.3. The van der Waals surface area contributed by atoms with E-state index in [2.05, 4.69) is 12.1 Å². The molecule has 0 radical (unpaired) electrons. The summed E-state index contributed by atoms with van der Waals surface area (Å²) in [5.74, 6) is 0.890. The third kappa shape index (κ3) is 3.26. The monoisotopic (exact) mass is 256 g/mol. The van der Waals surface area contributed by atoms with Crippen molar-refractivity contribution in [1.82, 2.24) is 0 Å². The zero-order chi connectivity index (χ0) is 13.1. The standard InChI is InChI=1S/C16H16O3/c17-13-7-4-8-14(9-13)19-16(10-15-11-18-15)12-5-2-1-3-6-12/h1-9,15-17H,10-11H2. The van der Waals surface area contributed by atoms with Crippen molar-refractivity contribution in [2.45, 2.75) is 18.6 Å². The molecule has 0 aliphatic carbocycles. The minimum absolute atomic E-state index is 0.0458. The fourth-order valence-electron chi connectivity index (χ4n) is 2.08. The summed E-state index contributed by atoms with van der Waals surface area (Å²) in [6.07, 6.45) is 1.08. The number of phenolic OH excluding ortho intramolecular Hbond substituents is 1. The molecule has 3 nitrogen and oxygen atoms in total. The molecule has 1 aliphatic rings. The molecule has 2 unspecified atom stereocenters. The Hall–Kier alpha value is -2.00. The normalized spacial score (nSPS) is 18.8. The van der Waals surface area contributed by atoms with E-state index in [0.717, 1.165) is 18.6 Å². The fourth-order valence-corrected chi connectivity index (χ4v) is 2.08. The van der Waals surface area contributed by atoms with E-state index >= 15 is 0 Å². The Bertz CT molecular complexity index is 535. The molecule has 2 aromatic carbocycles. The first-order valence-electron chi connectivity index (χ1n) is 6.43. The van der Waals surface area contributed by atoms with Gasteiger partial charge in [-0.15, -0.1) is 0 Å². The quantitative estimate of drug-likeness (QED) is 0.834. The van der Waals surface area contributed by atoms with Crippen LogP contribution in [-0.2, 0) is 4.74 Å². The van der Waals surface area contributed by atoms with Crippen molar-refractivity contribution >= 4 is 0 Å². The van der Waals surface area contributed by atoms with Gasteiger partial charge in [0, 0.05) is 12.5 Å². The summed E-state index contributed by atoms with van der Waals surface area (Å²) in [6.45, 7) is 0.812. The van der Waals surface area contributed by atoms with Gasteiger partial charge in [0.05, 0.1) is 12.7 Å². The van der Waals surface area contributed by atoms with Gasteiger partial charge in [-0.25, -0.2) is 0 Å². The van der Waals surface area contributed by atoms with E-state index in [1.807, 2.05) is 24.3 Å². The predicted molar refractivity (Wildman–Crippen MR) is 72.3 cm³/mol. The smallest absolute Gasteiger partial charge is 0.126 e. The van der Waals surface area contributed by atoms with Gasteiger partial charge in [-0.2, -0.15) is 0 Å². The van der Waals surface area contributed by atoms with Gasteiger partial charge in [-0.3, -0.25) is 0 Å². The maximum absolute atomic E-state index is 9.49. The van der Waals surface area contributed by atoms with Crippen LogP contribution in [0.4, 0.5) is 0 Å². The highest BCUT2D eigenvalue weighted by Crippen LogP contribution is 2.31. The molecule has 0 aromatic heterocycles. The first-order chi connectivity index (χ1) is 9.31. The molecule has 1 fully saturated rings. The zero-order valence-corrected chi connectivity index (χ0v) is 10.5. The first-order valence-corrected chi connectivity index (χ1v) is 6.43. The predicted octanol–water partition coefficient (Wildman–Crippen LogP) is 3.30. The van der Waals surface area contributed by atoms with Crippen molar-refractivity contribution in [3.05, 3.63) is 60.2 Å². The highest BCUT2D eigenvalue weighted by molar-refractivity contribution is 5.32. The molecule has 2 aromatic rings. The van der Waals surface area contributed by atoms with Crippen molar-refractivity contribution in [3.8, 4) is 11.5 Å². The molecule has 1 heterocycles. The lowest BCUT2D eigenvalue weighted by Gasteiger charge is -2.19. The van der Waals surface area contributed by atoms with Crippen LogP contribution in [0.1, 0.15) is 18.1 Å². The molecule has 1 saturated heterocycles. The maximum Gasteiger partial charge on any atom is 0.126 e. The van der Waals surface area contributed by atoms with E-state index in [4.69, 9.17) is 9.47 Å². The molecule has 3 heteroatoms. The Morgan fingerprint density at radius 3 is 2.63 bits per heavy atom. The Kier molecular flexibility index (Phi) is 3.38. The van der Waals surface area contributed by atoms with Crippen molar-refractivity contribution in [1.29, 1.82) is 0 Å². The average molecular weight is 256 g/mol. The fraction of sp³-hybridized carbons (Fsp3) is 0.250. The van der Waals surface area contributed by atoms with Gasteiger partial charge < -0.3 is 14.6 Å². The van der Waals surface area contributed by atoms with Crippen molar-refractivity contribution in [2.24, 2.45) is 0 Å². The lowest BCUT2D eigenvalue weighted by atomic mass is 10.0. The lowest BCUT2D eigenvalue weighted by molar-refractivity contribution is 0.179. The molecule has 0 bridgehead atoms. The lowest BCUT2D eigenvalue weighted by Crippen LogP contribution is -2.10. The number of epoxide rings is 1. The van der Waals surface area contributed by atoms with Crippen LogP contribution in [0.15, 0.2) is 54.6 Å². The number of hydrogen-bond donors (Lipinski definition) is 1. The van der Waals surface area contributed by atoms with E-state index in [1.54, 1.807) is 18.2 Å². The summed E-state index contributed by atoms with van der Waals surface area (Å²) >= 11 is 0. The third-order valence-electron chi connectivity index (χ3n) is 3.15. The molecule has 0 spiro atoms. The SMILES string of the molecule is Oc1cccc(OC(CC2CO2)c2ccccc2)c1. The highest BCUT2D eigenvalue weighted by atomic mass is 16.6. The van der Waals surface area contributed by atoms with Crippen LogP contribution in [0, 0.1) is 0 Å². The highest BCUT2D eigenvalue weighted by Gasteiger charge is 2.28. The van der Waals surface area contributed by atoms with E-state index < -0.39 is 0 Å². The molecule has 98 valence electrons. The minimum Gasteiger partial charge on any atom is -0.508 e. The summed E-state index contributed by atoms with van der Waals surface area (Å²) in [6, 6.07) is 17.0. The topological polar surface area (TPSA) is 42.0 Å². The summed E-state index contributed by atoms with van der Waals surface area (Å²) in [5, 5.41) is 9.49. The largest absolute Gasteiger partial charge is 0.508 e. The molecule has 0 saturated carbocycles. The van der Waals surface area contributed by atoms with Gasteiger partial charge >= 0.3 is 0 Å². The summed E-state index contributed by atoms with van der Waals surface area (Å²) in [7, 11) is 0. The number of hydrogen-bond acceptors (Lipinski definition) is 3. The van der Waals surface area contributed by atoms with Gasteiger partial charge in [0.25, 0.3) is 0 Å². The number of ether oxygens (including phenoxy) is 2. The average Bonchev–Trinajstić information content (AvgIpc) is 3.23. The maximum atomic E-state index is 9.49. The molecule has 0 amide bonds. The Morgan fingerprint density at radius 1 is 1.16 bits per heavy atom. The number of rotatable bonds is 5. The van der Waals surface area contributed by atoms with E-state index in [0.29, 0.717) is 11.9 Å².